The summed E-state index contributed by atoms with van der Waals surface area (Å²) in [5.41, 5.74) is 12.8. The molecule has 5 aromatic heterocycles. The van der Waals surface area contributed by atoms with E-state index in [0.717, 1.165) is 61.0 Å². The number of aromatic nitrogens is 6. The maximum atomic E-state index is 5.52. The Labute approximate surface area is 360 Å². The maximum absolute atomic E-state index is 5.52. The lowest BCUT2D eigenvalue weighted by molar-refractivity contribution is 1.06. The SMILES string of the molecule is c1ccc(-n2c3ccccc3c3ccccc32)c(-c2nc(-c3ccccc3-n3c4ccccc4c4ccccc43)nc(-c3cccc4c3c3cccc5c6ccccc6n4c53)n2)c1. The molecule has 0 aliphatic carbocycles. The zero-order valence-corrected chi connectivity index (χ0v) is 33.8. The van der Waals surface area contributed by atoms with Crippen LogP contribution in [0.1, 0.15) is 0 Å². The summed E-state index contributed by atoms with van der Waals surface area (Å²) in [5, 5.41) is 9.58. The molecule has 0 bridgehead atoms. The molecular weight excluding hydrogens is 769 g/mol. The van der Waals surface area contributed by atoms with E-state index in [2.05, 4.69) is 220 Å². The Morgan fingerprint density at radius 1 is 0.254 bits per heavy atom. The van der Waals surface area contributed by atoms with Gasteiger partial charge in [0.2, 0.25) is 0 Å². The summed E-state index contributed by atoms with van der Waals surface area (Å²) < 4.78 is 7.12. The molecule has 292 valence electrons. The normalized spacial score (nSPS) is 12.1. The predicted molar refractivity (Wildman–Crippen MR) is 259 cm³/mol. The van der Waals surface area contributed by atoms with Crippen molar-refractivity contribution in [3.05, 3.63) is 206 Å². The van der Waals surface area contributed by atoms with Gasteiger partial charge in [0.15, 0.2) is 17.5 Å². The molecule has 0 radical (unpaired) electrons. The lowest BCUT2D eigenvalue weighted by atomic mass is 10.0. The van der Waals surface area contributed by atoms with Crippen molar-refractivity contribution < 1.29 is 0 Å². The number of benzene rings is 9. The van der Waals surface area contributed by atoms with Crippen LogP contribution >= 0.6 is 0 Å². The average Bonchev–Trinajstić information content (AvgIpc) is 4.09. The second-order valence-corrected chi connectivity index (χ2v) is 16.3. The van der Waals surface area contributed by atoms with E-state index in [1.54, 1.807) is 0 Å². The standard InChI is InChI=1S/C57H34N6/c1-8-27-45-35(17-1)36-18-2-9-28-46(36)61(45)50-32-13-6-22-41(50)55-58-56(42-23-7-14-33-51(42)62-47-29-10-3-19-37(47)38-20-4-11-30-48(38)62)60-57(59-55)44-26-16-34-52-53(44)43-25-15-24-40-39-21-5-12-31-49(39)63(52)54(40)43/h1-34H. The van der Waals surface area contributed by atoms with Gasteiger partial charge in [0.1, 0.15) is 0 Å². The summed E-state index contributed by atoms with van der Waals surface area (Å²) in [7, 11) is 0. The molecule has 0 unspecified atom stereocenters. The number of nitrogens with zero attached hydrogens (tertiary/aromatic N) is 6. The molecule has 14 rings (SSSR count). The Morgan fingerprint density at radius 2 is 0.587 bits per heavy atom. The molecule has 6 nitrogen and oxygen atoms in total. The van der Waals surface area contributed by atoms with Crippen molar-refractivity contribution in [1.29, 1.82) is 0 Å². The van der Waals surface area contributed by atoms with Crippen LogP contribution in [0.5, 0.6) is 0 Å². The molecule has 5 heterocycles. The Balaban J connectivity index is 1.09. The third-order valence-corrected chi connectivity index (χ3v) is 13.1. The minimum Gasteiger partial charge on any atom is -0.309 e. The molecule has 0 atom stereocenters. The minimum absolute atomic E-state index is 0.600. The third-order valence-electron chi connectivity index (χ3n) is 13.1. The predicted octanol–water partition coefficient (Wildman–Crippen LogP) is 14.2. The first kappa shape index (κ1) is 34.1. The van der Waals surface area contributed by atoms with Gasteiger partial charge in [0.05, 0.1) is 50.0 Å². The number of hydrogen-bond donors (Lipinski definition) is 0. The Hall–Kier alpha value is -8.61. The van der Waals surface area contributed by atoms with E-state index >= 15 is 0 Å². The van der Waals surface area contributed by atoms with Gasteiger partial charge in [-0.25, -0.2) is 15.0 Å². The maximum Gasteiger partial charge on any atom is 0.166 e. The van der Waals surface area contributed by atoms with Crippen LogP contribution in [0.2, 0.25) is 0 Å². The smallest absolute Gasteiger partial charge is 0.166 e. The van der Waals surface area contributed by atoms with Crippen LogP contribution in [0, 0.1) is 0 Å². The van der Waals surface area contributed by atoms with E-state index in [-0.39, 0.29) is 0 Å². The van der Waals surface area contributed by atoms with Gasteiger partial charge in [0, 0.05) is 59.8 Å². The third kappa shape index (κ3) is 4.74. The summed E-state index contributed by atoms with van der Waals surface area (Å²) in [6.07, 6.45) is 0. The fraction of sp³-hybridized carbons (Fsp3) is 0. The second-order valence-electron chi connectivity index (χ2n) is 16.3. The van der Waals surface area contributed by atoms with Gasteiger partial charge in [-0.1, -0.05) is 146 Å². The van der Waals surface area contributed by atoms with Gasteiger partial charge >= 0.3 is 0 Å². The van der Waals surface area contributed by atoms with Crippen LogP contribution in [0.4, 0.5) is 0 Å². The highest BCUT2D eigenvalue weighted by Crippen LogP contribution is 2.44. The van der Waals surface area contributed by atoms with E-state index in [9.17, 15) is 0 Å². The molecule has 14 aromatic rings. The summed E-state index contributed by atoms with van der Waals surface area (Å²) in [4.78, 5) is 16.6. The molecule has 0 aliphatic rings. The van der Waals surface area contributed by atoms with Crippen molar-refractivity contribution in [1.82, 2.24) is 28.5 Å². The van der Waals surface area contributed by atoms with Crippen LogP contribution in [-0.2, 0) is 0 Å². The molecule has 0 N–H and O–H groups in total. The highest BCUT2D eigenvalue weighted by Gasteiger charge is 2.24. The molecule has 0 spiro atoms. The first-order chi connectivity index (χ1) is 31.3. The van der Waals surface area contributed by atoms with E-state index in [1.807, 2.05) is 0 Å². The molecule has 0 saturated carbocycles. The van der Waals surface area contributed by atoms with E-state index < -0.39 is 0 Å². The fourth-order valence-electron chi connectivity index (χ4n) is 10.5. The lowest BCUT2D eigenvalue weighted by Crippen LogP contribution is -2.05. The number of rotatable bonds is 5. The van der Waals surface area contributed by atoms with E-state index in [4.69, 9.17) is 15.0 Å². The summed E-state index contributed by atoms with van der Waals surface area (Å²) in [6.45, 7) is 0. The highest BCUT2D eigenvalue weighted by molar-refractivity contribution is 6.25. The number of fused-ring (bicyclic) bond motifs is 12. The molecule has 6 heteroatoms. The first-order valence-electron chi connectivity index (χ1n) is 21.4. The zero-order chi connectivity index (χ0) is 41.2. The van der Waals surface area contributed by atoms with Crippen molar-refractivity contribution in [3.63, 3.8) is 0 Å². The molecule has 0 fully saturated rings. The van der Waals surface area contributed by atoms with Crippen LogP contribution in [0.25, 0.3) is 127 Å². The summed E-state index contributed by atoms with van der Waals surface area (Å²) >= 11 is 0. The molecular formula is C57H34N6. The van der Waals surface area contributed by atoms with Gasteiger partial charge in [0.25, 0.3) is 0 Å². The van der Waals surface area contributed by atoms with Crippen molar-refractivity contribution in [2.45, 2.75) is 0 Å². The molecule has 0 aliphatic heterocycles. The first-order valence-corrected chi connectivity index (χ1v) is 21.4. The second kappa shape index (κ2) is 12.9. The number of para-hydroxylation sites is 8. The van der Waals surface area contributed by atoms with E-state index in [1.165, 1.54) is 48.7 Å². The quantitative estimate of drug-likeness (QED) is 0.174. The van der Waals surface area contributed by atoms with E-state index in [0.29, 0.717) is 17.5 Å². The van der Waals surface area contributed by atoms with Crippen LogP contribution in [-0.4, -0.2) is 28.5 Å². The fourth-order valence-corrected chi connectivity index (χ4v) is 10.5. The van der Waals surface area contributed by atoms with Crippen molar-refractivity contribution >= 4 is 81.7 Å². The van der Waals surface area contributed by atoms with Crippen molar-refractivity contribution in [2.24, 2.45) is 0 Å². The van der Waals surface area contributed by atoms with Gasteiger partial charge in [-0.3, -0.25) is 0 Å². The van der Waals surface area contributed by atoms with Crippen LogP contribution in [0.3, 0.4) is 0 Å². The average molecular weight is 803 g/mol. The zero-order valence-electron chi connectivity index (χ0n) is 33.8. The molecule has 0 amide bonds. The lowest BCUT2D eigenvalue weighted by Gasteiger charge is -2.16. The topological polar surface area (TPSA) is 52.9 Å². The molecule has 9 aromatic carbocycles. The van der Waals surface area contributed by atoms with Crippen LogP contribution < -0.4 is 0 Å². The van der Waals surface area contributed by atoms with Gasteiger partial charge in [-0.15, -0.1) is 0 Å². The Morgan fingerprint density at radius 3 is 1.10 bits per heavy atom. The number of hydrogen-bond acceptors (Lipinski definition) is 3. The molecule has 0 saturated heterocycles. The molecule has 63 heavy (non-hydrogen) atoms. The van der Waals surface area contributed by atoms with Gasteiger partial charge < -0.3 is 13.5 Å². The van der Waals surface area contributed by atoms with Crippen molar-refractivity contribution in [3.8, 4) is 45.5 Å². The minimum atomic E-state index is 0.600. The Bertz CT molecular complexity index is 3890. The summed E-state index contributed by atoms with van der Waals surface area (Å²) in [6, 6.07) is 73.4. The van der Waals surface area contributed by atoms with Gasteiger partial charge in [-0.05, 0) is 60.7 Å². The Kier molecular flexibility index (Phi) is 7.02. The highest BCUT2D eigenvalue weighted by atomic mass is 15.1. The summed E-state index contributed by atoms with van der Waals surface area (Å²) in [5.74, 6) is 1.82. The largest absolute Gasteiger partial charge is 0.309 e. The van der Waals surface area contributed by atoms with Gasteiger partial charge in [-0.2, -0.15) is 0 Å². The van der Waals surface area contributed by atoms with Crippen molar-refractivity contribution in [2.75, 3.05) is 0 Å². The monoisotopic (exact) mass is 802 g/mol. The van der Waals surface area contributed by atoms with Crippen LogP contribution in [0.15, 0.2) is 206 Å².